The molecule has 0 heterocycles. The van der Waals surface area contributed by atoms with E-state index in [1.54, 1.807) is 0 Å². The van der Waals surface area contributed by atoms with Gasteiger partial charge in [0.15, 0.2) is 0 Å². The molecule has 9 nitrogen and oxygen atoms in total. The molecule has 0 fully saturated rings. The summed E-state index contributed by atoms with van der Waals surface area (Å²) in [5, 5.41) is 3.04. The van der Waals surface area contributed by atoms with Gasteiger partial charge >= 0.3 is 5.97 Å². The Morgan fingerprint density at radius 1 is 0.427 bits per heavy atom. The van der Waals surface area contributed by atoms with Gasteiger partial charge in [-0.25, -0.2) is 0 Å². The van der Waals surface area contributed by atoms with Crippen LogP contribution in [-0.2, 0) is 27.9 Å². The summed E-state index contributed by atoms with van der Waals surface area (Å²) >= 11 is 0. The third-order valence-corrected chi connectivity index (χ3v) is 16.6. The van der Waals surface area contributed by atoms with Crippen molar-refractivity contribution in [1.82, 2.24) is 5.32 Å². The number of carbonyl (C=O) groups excluding carboxylic acids is 2. The van der Waals surface area contributed by atoms with E-state index in [1.807, 2.05) is 33.3 Å². The van der Waals surface area contributed by atoms with E-state index in [0.29, 0.717) is 17.4 Å². The second-order valence-electron chi connectivity index (χ2n) is 25.0. The molecule has 1 amide bonds. The Labute approximate surface area is 509 Å². The van der Waals surface area contributed by atoms with E-state index in [9.17, 15) is 19.0 Å². The van der Waals surface area contributed by atoms with Gasteiger partial charge < -0.3 is 28.5 Å². The number of unbranched alkanes of at least 4 members (excludes halogenated alkanes) is 40. The minimum absolute atomic E-state index is 0.0233. The van der Waals surface area contributed by atoms with Gasteiger partial charge in [-0.1, -0.05) is 287 Å². The number of phosphoric acid groups is 1. The van der Waals surface area contributed by atoms with E-state index in [1.165, 1.54) is 218 Å². The predicted molar refractivity (Wildman–Crippen MR) is 353 cm³/mol. The van der Waals surface area contributed by atoms with Crippen LogP contribution < -0.4 is 10.2 Å². The molecule has 0 spiro atoms. The molecule has 0 bridgehead atoms. The lowest BCUT2D eigenvalue weighted by Crippen LogP contribution is -2.47. The van der Waals surface area contributed by atoms with Crippen LogP contribution in [0.2, 0.25) is 0 Å². The van der Waals surface area contributed by atoms with Crippen molar-refractivity contribution in [3.05, 3.63) is 60.8 Å². The quantitative estimate of drug-likeness (QED) is 0.0212. The van der Waals surface area contributed by atoms with Gasteiger partial charge in [-0.3, -0.25) is 14.2 Å². The second-order valence-corrected chi connectivity index (χ2v) is 26.4. The first-order chi connectivity index (χ1) is 39.9. The zero-order valence-corrected chi connectivity index (χ0v) is 55.8. The minimum atomic E-state index is -4.70. The smallest absolute Gasteiger partial charge is 0.306 e. The number of likely N-dealkylation sites (N-methyl/N-ethyl adjacent to an activating group) is 1. The van der Waals surface area contributed by atoms with Gasteiger partial charge in [0.2, 0.25) is 5.91 Å². The number of nitrogens with zero attached hydrogens (tertiary/aromatic N) is 1. The number of ether oxygens (including phenoxy) is 1. The van der Waals surface area contributed by atoms with E-state index >= 15 is 0 Å². The van der Waals surface area contributed by atoms with Gasteiger partial charge in [0, 0.05) is 12.8 Å². The number of esters is 1. The molecule has 0 aliphatic heterocycles. The fourth-order valence-corrected chi connectivity index (χ4v) is 11.0. The first kappa shape index (κ1) is 79.7. The van der Waals surface area contributed by atoms with Crippen LogP contribution in [0.4, 0.5) is 0 Å². The van der Waals surface area contributed by atoms with Crippen molar-refractivity contribution in [3.63, 3.8) is 0 Å². The van der Waals surface area contributed by atoms with Crippen molar-refractivity contribution in [2.24, 2.45) is 0 Å². The number of amides is 1. The molecular weight excluding hydrogens is 1040 g/mol. The van der Waals surface area contributed by atoms with Gasteiger partial charge in [0.1, 0.15) is 19.3 Å². The van der Waals surface area contributed by atoms with E-state index in [-0.39, 0.29) is 31.5 Å². The van der Waals surface area contributed by atoms with E-state index < -0.39 is 20.0 Å². The largest absolute Gasteiger partial charge is 0.756 e. The molecule has 0 rings (SSSR count). The van der Waals surface area contributed by atoms with E-state index in [0.717, 1.165) is 83.5 Å². The van der Waals surface area contributed by atoms with Gasteiger partial charge in [-0.2, -0.15) is 0 Å². The van der Waals surface area contributed by atoms with Gasteiger partial charge in [-0.15, -0.1) is 0 Å². The highest BCUT2D eigenvalue weighted by Crippen LogP contribution is 2.38. The maximum Gasteiger partial charge on any atom is 0.306 e. The SMILES string of the molecule is CCCCC/C=C\C/C=C\C/C=C\CCCCCCCCCCCCC(=O)NC(COP(=O)([O-])OCC[N+](C)(C)C)C(/C=C/CCCCCCCCCCCC)OC(=O)CCCCCCCCCCCCC/C=C/CCCCCCCC. The Kier molecular flexibility index (Phi) is 60.1. The topological polar surface area (TPSA) is 114 Å². The zero-order valence-electron chi connectivity index (χ0n) is 54.9. The van der Waals surface area contributed by atoms with Gasteiger partial charge in [0.05, 0.1) is 33.8 Å². The summed E-state index contributed by atoms with van der Waals surface area (Å²) in [5.74, 6) is -0.535. The Bertz CT molecular complexity index is 1590. The number of phosphoric ester groups is 1. The number of nitrogens with one attached hydrogen (secondary N) is 1. The monoisotopic (exact) mass is 1170 g/mol. The average molecular weight is 1170 g/mol. The molecule has 0 aromatic rings. The summed E-state index contributed by atoms with van der Waals surface area (Å²) in [6.07, 6.45) is 79.1. The Morgan fingerprint density at radius 3 is 1.15 bits per heavy atom. The molecule has 0 radical (unpaired) electrons. The molecule has 0 aliphatic rings. The third-order valence-electron chi connectivity index (χ3n) is 15.7. The van der Waals surface area contributed by atoms with Crippen molar-refractivity contribution in [2.45, 2.75) is 348 Å². The van der Waals surface area contributed by atoms with Crippen LogP contribution in [0.15, 0.2) is 60.8 Å². The van der Waals surface area contributed by atoms with Crippen LogP contribution in [0.5, 0.6) is 0 Å². The van der Waals surface area contributed by atoms with Crippen LogP contribution in [0, 0.1) is 0 Å². The van der Waals surface area contributed by atoms with Crippen LogP contribution in [0.25, 0.3) is 0 Å². The van der Waals surface area contributed by atoms with Crippen molar-refractivity contribution in [2.75, 3.05) is 40.9 Å². The van der Waals surface area contributed by atoms with Crippen LogP contribution in [0.1, 0.15) is 335 Å². The molecule has 0 saturated carbocycles. The number of allylic oxidation sites excluding steroid dienone is 9. The normalized spacial score (nSPS) is 13.9. The van der Waals surface area contributed by atoms with E-state index in [2.05, 4.69) is 74.7 Å². The van der Waals surface area contributed by atoms with Gasteiger partial charge in [-0.05, 0) is 96.0 Å². The molecule has 0 aromatic heterocycles. The number of quaternary nitrogens is 1. The molecule has 10 heteroatoms. The molecule has 1 N–H and O–H groups in total. The predicted octanol–water partition coefficient (Wildman–Crippen LogP) is 21.5. The standard InChI is InChI=1S/C72H135N2O7P/c1-7-10-13-16-19-22-25-28-30-32-34-36-37-39-40-42-44-46-49-52-55-58-61-64-71(75)73-69(68-80-82(77,78)79-67-66-74(4,5)6)70(63-60-57-54-51-48-27-24-21-18-15-12-9-3)81-72(76)65-62-59-56-53-50-47-45-43-41-38-35-33-31-29-26-23-20-17-14-11-8-2/h19,22,28-31,34,36,60,63,69-70H,7-18,20-21,23-27,32-33,35,37-59,61-62,64-68H2,1-6H3,(H-,73,75,77,78)/b22-19-,30-28-,31-29+,36-34-,63-60+. The van der Waals surface area contributed by atoms with Crippen LogP contribution in [0.3, 0.4) is 0 Å². The first-order valence-corrected chi connectivity index (χ1v) is 36.6. The fourth-order valence-electron chi connectivity index (χ4n) is 10.2. The Morgan fingerprint density at radius 2 is 0.744 bits per heavy atom. The molecule has 3 atom stereocenters. The maximum absolute atomic E-state index is 13.6. The van der Waals surface area contributed by atoms with Crippen LogP contribution >= 0.6 is 7.82 Å². The molecule has 0 aromatic carbocycles. The van der Waals surface area contributed by atoms with Crippen molar-refractivity contribution in [3.8, 4) is 0 Å². The lowest BCUT2D eigenvalue weighted by atomic mass is 10.0. The maximum atomic E-state index is 13.6. The molecule has 82 heavy (non-hydrogen) atoms. The summed E-state index contributed by atoms with van der Waals surface area (Å²) in [5.41, 5.74) is 0. The van der Waals surface area contributed by atoms with Crippen molar-refractivity contribution in [1.29, 1.82) is 0 Å². The number of rotatable bonds is 64. The summed E-state index contributed by atoms with van der Waals surface area (Å²) in [7, 11) is 1.19. The molecule has 3 unspecified atom stereocenters. The third kappa shape index (κ3) is 62.2. The Balaban J connectivity index is 5.10. The summed E-state index contributed by atoms with van der Waals surface area (Å²) in [6.45, 7) is 6.85. The first-order valence-electron chi connectivity index (χ1n) is 35.1. The molecular formula is C72H135N2O7P. The number of carbonyl (C=O) groups is 2. The van der Waals surface area contributed by atoms with Crippen molar-refractivity contribution >= 4 is 19.7 Å². The summed E-state index contributed by atoms with van der Waals surface area (Å²) < 4.78 is 30.4. The lowest BCUT2D eigenvalue weighted by molar-refractivity contribution is -0.870. The summed E-state index contributed by atoms with van der Waals surface area (Å²) in [4.78, 5) is 40.2. The molecule has 0 aliphatic carbocycles. The lowest BCUT2D eigenvalue weighted by Gasteiger charge is -2.30. The highest BCUT2D eigenvalue weighted by Gasteiger charge is 2.27. The minimum Gasteiger partial charge on any atom is -0.756 e. The number of hydrogen-bond donors (Lipinski definition) is 1. The highest BCUT2D eigenvalue weighted by molar-refractivity contribution is 7.45. The second kappa shape index (κ2) is 61.8. The summed E-state index contributed by atoms with van der Waals surface area (Å²) in [6, 6.07) is -0.892. The zero-order chi connectivity index (χ0) is 60.0. The fraction of sp³-hybridized carbons (Fsp3) is 0.833. The average Bonchev–Trinajstić information content (AvgIpc) is 3.47. The molecule has 480 valence electrons. The van der Waals surface area contributed by atoms with E-state index in [4.69, 9.17) is 13.8 Å². The van der Waals surface area contributed by atoms with Crippen molar-refractivity contribution < 1.29 is 37.3 Å². The Hall–Kier alpha value is -2.29. The molecule has 0 saturated heterocycles. The highest BCUT2D eigenvalue weighted by atomic mass is 31.2. The van der Waals surface area contributed by atoms with Gasteiger partial charge in [0.25, 0.3) is 7.82 Å². The van der Waals surface area contributed by atoms with Crippen LogP contribution in [-0.4, -0.2) is 69.4 Å². The number of hydrogen-bond acceptors (Lipinski definition) is 7.